The van der Waals surface area contributed by atoms with Crippen molar-refractivity contribution in [2.45, 2.75) is 13.8 Å². The molecule has 5 heteroatoms. The summed E-state index contributed by atoms with van der Waals surface area (Å²) in [5.74, 6) is 0.696. The lowest BCUT2D eigenvalue weighted by molar-refractivity contribution is 0.672. The zero-order valence-electron chi connectivity index (χ0n) is 9.92. The van der Waals surface area contributed by atoms with E-state index in [-0.39, 0.29) is 5.92 Å². The fourth-order valence-electron chi connectivity index (χ4n) is 1.62. The van der Waals surface area contributed by atoms with Crippen molar-refractivity contribution in [2.24, 2.45) is 5.92 Å². The second kappa shape index (κ2) is 5.11. The predicted octanol–water partition coefficient (Wildman–Crippen LogP) is 2.68. The van der Waals surface area contributed by atoms with Crippen LogP contribution < -0.4 is 4.90 Å². The van der Waals surface area contributed by atoms with Crippen molar-refractivity contribution in [3.05, 3.63) is 17.6 Å². The Hall–Kier alpha value is -1.67. The summed E-state index contributed by atoms with van der Waals surface area (Å²) >= 11 is 1.61. The molecule has 0 aliphatic heterocycles. The summed E-state index contributed by atoms with van der Waals surface area (Å²) in [5, 5.41) is 11.9. The zero-order valence-corrected chi connectivity index (χ0v) is 10.7. The number of rotatable bonds is 4. The van der Waals surface area contributed by atoms with Gasteiger partial charge in [-0.15, -0.1) is 11.3 Å². The van der Waals surface area contributed by atoms with Gasteiger partial charge in [-0.1, -0.05) is 0 Å². The van der Waals surface area contributed by atoms with Crippen LogP contribution in [0.5, 0.6) is 0 Å². The number of thiophene rings is 1. The molecular formula is C12H14N4S. The van der Waals surface area contributed by atoms with E-state index < -0.39 is 0 Å². The minimum Gasteiger partial charge on any atom is -0.340 e. The maximum atomic E-state index is 8.85. The van der Waals surface area contributed by atoms with E-state index in [4.69, 9.17) is 5.26 Å². The van der Waals surface area contributed by atoms with Crippen LogP contribution in [0, 0.1) is 17.2 Å². The second-order valence-electron chi connectivity index (χ2n) is 3.92. The van der Waals surface area contributed by atoms with E-state index in [2.05, 4.69) is 16.0 Å². The van der Waals surface area contributed by atoms with E-state index in [0.29, 0.717) is 12.5 Å². The molecule has 0 aliphatic rings. The summed E-state index contributed by atoms with van der Waals surface area (Å²) in [7, 11) is 0. The molecule has 1 atom stereocenters. The van der Waals surface area contributed by atoms with E-state index in [1.54, 1.807) is 11.3 Å². The highest BCUT2D eigenvalue weighted by atomic mass is 32.1. The van der Waals surface area contributed by atoms with Crippen molar-refractivity contribution in [1.82, 2.24) is 9.97 Å². The van der Waals surface area contributed by atoms with Gasteiger partial charge in [-0.2, -0.15) is 5.26 Å². The van der Waals surface area contributed by atoms with E-state index in [9.17, 15) is 0 Å². The molecule has 0 bridgehead atoms. The lowest BCUT2D eigenvalue weighted by atomic mass is 10.2. The third-order valence-electron chi connectivity index (χ3n) is 2.57. The number of hydrogen-bond acceptors (Lipinski definition) is 5. The van der Waals surface area contributed by atoms with Crippen molar-refractivity contribution >= 4 is 27.5 Å². The molecule has 17 heavy (non-hydrogen) atoms. The number of fused-ring (bicyclic) bond motifs is 1. The summed E-state index contributed by atoms with van der Waals surface area (Å²) in [6, 6.07) is 4.25. The van der Waals surface area contributed by atoms with Crippen molar-refractivity contribution in [1.29, 1.82) is 5.26 Å². The van der Waals surface area contributed by atoms with Gasteiger partial charge in [0.15, 0.2) is 0 Å². The van der Waals surface area contributed by atoms with E-state index in [1.165, 1.54) is 0 Å². The first kappa shape index (κ1) is 11.8. The minimum atomic E-state index is -0.0161. The Morgan fingerprint density at radius 1 is 1.59 bits per heavy atom. The molecule has 0 N–H and O–H groups in total. The molecule has 2 rings (SSSR count). The average molecular weight is 246 g/mol. The fraction of sp³-hybridized carbons (Fsp3) is 0.417. The molecule has 88 valence electrons. The van der Waals surface area contributed by atoms with Gasteiger partial charge in [0.25, 0.3) is 0 Å². The Bertz CT molecular complexity index is 543. The van der Waals surface area contributed by atoms with Gasteiger partial charge < -0.3 is 4.90 Å². The summed E-state index contributed by atoms with van der Waals surface area (Å²) in [6.07, 6.45) is 1.84. The van der Waals surface area contributed by atoms with Gasteiger partial charge in [0.1, 0.15) is 4.83 Å². The van der Waals surface area contributed by atoms with Gasteiger partial charge in [-0.25, -0.2) is 9.97 Å². The van der Waals surface area contributed by atoms with Crippen LogP contribution >= 0.6 is 11.3 Å². The van der Waals surface area contributed by atoms with Crippen LogP contribution in [0.25, 0.3) is 10.2 Å². The second-order valence-corrected chi connectivity index (χ2v) is 4.81. The van der Waals surface area contributed by atoms with Crippen LogP contribution in [-0.4, -0.2) is 23.1 Å². The number of anilines is 1. The molecule has 0 spiro atoms. The highest BCUT2D eigenvalue weighted by Crippen LogP contribution is 2.20. The van der Waals surface area contributed by atoms with Crippen LogP contribution in [0.2, 0.25) is 0 Å². The largest absolute Gasteiger partial charge is 0.340 e. The highest BCUT2D eigenvalue weighted by molar-refractivity contribution is 7.16. The molecule has 0 saturated heterocycles. The standard InChI is InChI=1S/C12H14N4S/c1-3-16(8-9(2)6-13)12-14-7-10-4-5-17-11(10)15-12/h4-5,7,9H,3,8H2,1-2H3. The lowest BCUT2D eigenvalue weighted by Gasteiger charge is -2.21. The van der Waals surface area contributed by atoms with Gasteiger partial charge in [0, 0.05) is 24.7 Å². The van der Waals surface area contributed by atoms with Crippen molar-refractivity contribution in [2.75, 3.05) is 18.0 Å². The Morgan fingerprint density at radius 2 is 2.41 bits per heavy atom. The first-order valence-electron chi connectivity index (χ1n) is 5.59. The van der Waals surface area contributed by atoms with Gasteiger partial charge >= 0.3 is 0 Å². The lowest BCUT2D eigenvalue weighted by Crippen LogP contribution is -2.29. The molecule has 2 heterocycles. The average Bonchev–Trinajstić information content (AvgIpc) is 2.82. The quantitative estimate of drug-likeness (QED) is 0.832. The molecule has 0 saturated carbocycles. The Labute approximate surface area is 105 Å². The molecule has 0 aliphatic carbocycles. The normalized spacial score (nSPS) is 12.3. The SMILES string of the molecule is CCN(CC(C)C#N)c1ncc2ccsc2n1. The van der Waals surface area contributed by atoms with Gasteiger partial charge in [-0.05, 0) is 25.3 Å². The molecule has 0 amide bonds. The van der Waals surface area contributed by atoms with Crippen LogP contribution in [0.4, 0.5) is 5.95 Å². The van der Waals surface area contributed by atoms with Crippen LogP contribution in [-0.2, 0) is 0 Å². The van der Waals surface area contributed by atoms with Crippen molar-refractivity contribution in [3.8, 4) is 6.07 Å². The first-order valence-corrected chi connectivity index (χ1v) is 6.47. The maximum absolute atomic E-state index is 8.85. The smallest absolute Gasteiger partial charge is 0.226 e. The molecule has 1 unspecified atom stereocenters. The van der Waals surface area contributed by atoms with Gasteiger partial charge in [-0.3, -0.25) is 0 Å². The first-order chi connectivity index (χ1) is 8.24. The molecule has 4 nitrogen and oxygen atoms in total. The van der Waals surface area contributed by atoms with Gasteiger partial charge in [0.2, 0.25) is 5.95 Å². The molecule has 0 aromatic carbocycles. The summed E-state index contributed by atoms with van der Waals surface area (Å²) in [6.45, 7) is 5.44. The van der Waals surface area contributed by atoms with Crippen LogP contribution in [0.1, 0.15) is 13.8 Å². The Balaban J connectivity index is 2.26. The monoisotopic (exact) mass is 246 g/mol. The number of nitrogens with zero attached hydrogens (tertiary/aromatic N) is 4. The van der Waals surface area contributed by atoms with E-state index in [0.717, 1.165) is 16.8 Å². The van der Waals surface area contributed by atoms with Crippen LogP contribution in [0.15, 0.2) is 17.6 Å². The predicted molar refractivity (Wildman–Crippen MR) is 70.1 cm³/mol. The molecule has 0 fully saturated rings. The van der Waals surface area contributed by atoms with Crippen molar-refractivity contribution in [3.63, 3.8) is 0 Å². The Morgan fingerprint density at radius 3 is 3.12 bits per heavy atom. The fourth-order valence-corrected chi connectivity index (χ4v) is 2.36. The summed E-state index contributed by atoms with van der Waals surface area (Å²) in [5.41, 5.74) is 0. The topological polar surface area (TPSA) is 52.8 Å². The van der Waals surface area contributed by atoms with Crippen LogP contribution in [0.3, 0.4) is 0 Å². The van der Waals surface area contributed by atoms with E-state index in [1.807, 2.05) is 36.4 Å². The third-order valence-corrected chi connectivity index (χ3v) is 3.40. The molecular weight excluding hydrogens is 232 g/mol. The zero-order chi connectivity index (χ0) is 12.3. The van der Waals surface area contributed by atoms with Gasteiger partial charge in [0.05, 0.1) is 12.0 Å². The number of hydrogen-bond donors (Lipinski definition) is 0. The maximum Gasteiger partial charge on any atom is 0.226 e. The molecule has 2 aromatic heterocycles. The molecule has 2 aromatic rings. The molecule has 0 radical (unpaired) electrons. The highest BCUT2D eigenvalue weighted by Gasteiger charge is 2.12. The number of nitriles is 1. The summed E-state index contributed by atoms with van der Waals surface area (Å²) in [4.78, 5) is 11.9. The van der Waals surface area contributed by atoms with E-state index >= 15 is 0 Å². The third kappa shape index (κ3) is 2.53. The number of aromatic nitrogens is 2. The van der Waals surface area contributed by atoms with Crippen molar-refractivity contribution < 1.29 is 0 Å². The minimum absolute atomic E-state index is 0.0161. The Kier molecular flexibility index (Phi) is 3.55. The summed E-state index contributed by atoms with van der Waals surface area (Å²) < 4.78 is 0.